The van der Waals surface area contributed by atoms with Crippen LogP contribution in [-0.4, -0.2) is 10.9 Å². The number of nitrogens with one attached hydrogen (secondary N) is 2. The van der Waals surface area contributed by atoms with Gasteiger partial charge in [0, 0.05) is 11.6 Å². The molecule has 5 nitrogen and oxygen atoms in total. The number of amides is 1. The largest absolute Gasteiger partial charge is 0.417 e. The highest BCUT2D eigenvalue weighted by Gasteiger charge is 2.12. The quantitative estimate of drug-likeness (QED) is 0.762. The van der Waals surface area contributed by atoms with E-state index in [-0.39, 0.29) is 16.8 Å². The van der Waals surface area contributed by atoms with Crippen molar-refractivity contribution in [1.82, 2.24) is 4.98 Å². The van der Waals surface area contributed by atoms with Gasteiger partial charge in [0.2, 0.25) is 0 Å². The van der Waals surface area contributed by atoms with Gasteiger partial charge in [0.25, 0.3) is 5.91 Å². The molecule has 106 valence electrons. The summed E-state index contributed by atoms with van der Waals surface area (Å²) in [6.45, 7) is 0. The molecule has 0 atom stereocenters. The van der Waals surface area contributed by atoms with Crippen LogP contribution in [0, 0.1) is 11.6 Å². The number of benzene rings is 2. The third kappa shape index (κ3) is 2.53. The number of H-pyrrole nitrogens is 1. The molecule has 7 heteroatoms. The molecule has 0 unspecified atom stereocenters. The summed E-state index contributed by atoms with van der Waals surface area (Å²) in [5, 5.41) is 2.31. The third-order valence-corrected chi connectivity index (χ3v) is 2.86. The molecule has 0 radical (unpaired) electrons. The third-order valence-electron chi connectivity index (χ3n) is 2.86. The van der Waals surface area contributed by atoms with Gasteiger partial charge in [0.05, 0.1) is 11.2 Å². The van der Waals surface area contributed by atoms with Crippen molar-refractivity contribution < 1.29 is 18.0 Å². The molecule has 0 bridgehead atoms. The number of fused-ring (bicyclic) bond motifs is 1. The fraction of sp³-hybridized carbons (Fsp3) is 0. The van der Waals surface area contributed by atoms with Crippen LogP contribution in [0.1, 0.15) is 10.4 Å². The van der Waals surface area contributed by atoms with E-state index < -0.39 is 23.3 Å². The van der Waals surface area contributed by atoms with Crippen LogP contribution in [0.4, 0.5) is 14.5 Å². The molecule has 0 aliphatic carbocycles. The Morgan fingerprint density at radius 1 is 1.14 bits per heavy atom. The van der Waals surface area contributed by atoms with Gasteiger partial charge < -0.3 is 9.73 Å². The summed E-state index contributed by atoms with van der Waals surface area (Å²) < 4.78 is 31.1. The molecule has 2 aromatic carbocycles. The first-order chi connectivity index (χ1) is 10.0. The van der Waals surface area contributed by atoms with Crippen molar-refractivity contribution in [1.29, 1.82) is 0 Å². The predicted octanol–water partition coefficient (Wildman–Crippen LogP) is 2.65. The zero-order valence-corrected chi connectivity index (χ0v) is 10.4. The molecule has 3 aromatic rings. The molecular weight excluding hydrogens is 282 g/mol. The molecule has 0 aliphatic rings. The van der Waals surface area contributed by atoms with Gasteiger partial charge in [-0.25, -0.2) is 13.6 Å². The van der Waals surface area contributed by atoms with E-state index in [0.717, 1.165) is 12.1 Å². The zero-order valence-electron chi connectivity index (χ0n) is 10.4. The monoisotopic (exact) mass is 290 g/mol. The summed E-state index contributed by atoms with van der Waals surface area (Å²) in [6, 6.07) is 7.12. The number of aromatic amines is 1. The molecular formula is C14H8F2N2O3. The molecule has 0 fully saturated rings. The first-order valence-corrected chi connectivity index (χ1v) is 5.92. The lowest BCUT2D eigenvalue weighted by atomic mass is 10.2. The van der Waals surface area contributed by atoms with Crippen molar-refractivity contribution in [2.75, 3.05) is 5.32 Å². The molecule has 21 heavy (non-hydrogen) atoms. The van der Waals surface area contributed by atoms with Gasteiger partial charge in [-0.3, -0.25) is 9.78 Å². The van der Waals surface area contributed by atoms with Crippen molar-refractivity contribution >= 4 is 22.7 Å². The van der Waals surface area contributed by atoms with Crippen molar-refractivity contribution in [3.8, 4) is 0 Å². The van der Waals surface area contributed by atoms with Crippen LogP contribution in [0.25, 0.3) is 11.1 Å². The number of hydrogen-bond acceptors (Lipinski definition) is 3. The number of anilines is 1. The van der Waals surface area contributed by atoms with Crippen LogP contribution in [-0.2, 0) is 0 Å². The van der Waals surface area contributed by atoms with E-state index in [1.807, 2.05) is 0 Å². The number of halogens is 2. The molecule has 0 aliphatic heterocycles. The maximum atomic E-state index is 13.5. The number of aromatic nitrogens is 1. The van der Waals surface area contributed by atoms with Crippen LogP contribution in [0.2, 0.25) is 0 Å². The van der Waals surface area contributed by atoms with Crippen LogP contribution in [0.5, 0.6) is 0 Å². The van der Waals surface area contributed by atoms with Gasteiger partial charge >= 0.3 is 5.76 Å². The number of rotatable bonds is 2. The average molecular weight is 290 g/mol. The maximum absolute atomic E-state index is 13.5. The maximum Gasteiger partial charge on any atom is 0.417 e. The van der Waals surface area contributed by atoms with Crippen molar-refractivity contribution in [3.05, 3.63) is 64.1 Å². The van der Waals surface area contributed by atoms with Crippen LogP contribution in [0.3, 0.4) is 0 Å². The molecule has 1 amide bonds. The van der Waals surface area contributed by atoms with E-state index in [4.69, 9.17) is 4.42 Å². The van der Waals surface area contributed by atoms with E-state index >= 15 is 0 Å². The number of oxazole rings is 1. The zero-order chi connectivity index (χ0) is 15.0. The van der Waals surface area contributed by atoms with Crippen molar-refractivity contribution in [3.63, 3.8) is 0 Å². The Balaban J connectivity index is 1.91. The predicted molar refractivity (Wildman–Crippen MR) is 71.1 cm³/mol. The van der Waals surface area contributed by atoms with Gasteiger partial charge in [-0.2, -0.15) is 0 Å². The molecule has 1 aromatic heterocycles. The first-order valence-electron chi connectivity index (χ1n) is 5.92. The number of hydrogen-bond donors (Lipinski definition) is 2. The molecule has 2 N–H and O–H groups in total. The second-order valence-corrected chi connectivity index (χ2v) is 4.30. The van der Waals surface area contributed by atoms with Gasteiger partial charge in [-0.05, 0) is 30.3 Å². The summed E-state index contributed by atoms with van der Waals surface area (Å²) in [5.74, 6) is -2.85. The molecule has 3 rings (SSSR count). The van der Waals surface area contributed by atoms with E-state index in [0.29, 0.717) is 11.6 Å². The minimum atomic E-state index is -0.877. The second-order valence-electron chi connectivity index (χ2n) is 4.30. The Bertz CT molecular complexity index is 899. The molecule has 0 saturated carbocycles. The van der Waals surface area contributed by atoms with Gasteiger partial charge in [0.1, 0.15) is 11.6 Å². The van der Waals surface area contributed by atoms with Crippen molar-refractivity contribution in [2.24, 2.45) is 0 Å². The standard InChI is InChI=1S/C14H8F2N2O3/c15-8-2-4-10(9(16)6-8)17-13(19)7-1-3-11-12(5-7)21-14(20)18-11/h1-6H,(H,17,19)(H,18,20). The van der Waals surface area contributed by atoms with Crippen LogP contribution < -0.4 is 11.1 Å². The fourth-order valence-corrected chi connectivity index (χ4v) is 1.87. The van der Waals surface area contributed by atoms with Crippen molar-refractivity contribution in [2.45, 2.75) is 0 Å². The number of carbonyl (C=O) groups is 1. The van der Waals surface area contributed by atoms with E-state index in [9.17, 15) is 18.4 Å². The van der Waals surface area contributed by atoms with Gasteiger partial charge in [0.15, 0.2) is 5.58 Å². The topological polar surface area (TPSA) is 75.1 Å². The molecule has 0 saturated heterocycles. The van der Waals surface area contributed by atoms with Crippen LogP contribution in [0.15, 0.2) is 45.6 Å². The normalized spacial score (nSPS) is 10.8. The highest BCUT2D eigenvalue weighted by Crippen LogP contribution is 2.17. The molecule has 1 heterocycles. The Hall–Kier alpha value is -2.96. The summed E-state index contributed by atoms with van der Waals surface area (Å²) >= 11 is 0. The highest BCUT2D eigenvalue weighted by molar-refractivity contribution is 6.05. The second kappa shape index (κ2) is 4.86. The SMILES string of the molecule is O=C(Nc1ccc(F)cc1F)c1ccc2[nH]c(=O)oc2c1. The van der Waals surface area contributed by atoms with E-state index in [1.165, 1.54) is 18.2 Å². The molecule has 0 spiro atoms. The summed E-state index contributed by atoms with van der Waals surface area (Å²) in [4.78, 5) is 25.5. The Labute approximate surface area is 116 Å². The lowest BCUT2D eigenvalue weighted by Gasteiger charge is -2.06. The highest BCUT2D eigenvalue weighted by atomic mass is 19.1. The summed E-state index contributed by atoms with van der Waals surface area (Å²) in [7, 11) is 0. The van der Waals surface area contributed by atoms with E-state index in [1.54, 1.807) is 0 Å². The first kappa shape index (κ1) is 13.0. The Morgan fingerprint density at radius 2 is 1.95 bits per heavy atom. The smallest absolute Gasteiger partial charge is 0.408 e. The van der Waals surface area contributed by atoms with Gasteiger partial charge in [-0.1, -0.05) is 0 Å². The summed E-state index contributed by atoms with van der Waals surface area (Å²) in [5.41, 5.74) is 0.697. The number of carbonyl (C=O) groups excluding carboxylic acids is 1. The van der Waals surface area contributed by atoms with Crippen LogP contribution >= 0.6 is 0 Å². The van der Waals surface area contributed by atoms with E-state index in [2.05, 4.69) is 10.3 Å². The lowest BCUT2D eigenvalue weighted by molar-refractivity contribution is 0.102. The minimum Gasteiger partial charge on any atom is -0.408 e. The fourth-order valence-electron chi connectivity index (χ4n) is 1.87. The minimum absolute atomic E-state index is 0.142. The Morgan fingerprint density at radius 3 is 2.71 bits per heavy atom. The summed E-state index contributed by atoms with van der Waals surface area (Å²) in [6.07, 6.45) is 0. The lowest BCUT2D eigenvalue weighted by Crippen LogP contribution is -2.13. The Kier molecular flexibility index (Phi) is 3.02. The van der Waals surface area contributed by atoms with Gasteiger partial charge in [-0.15, -0.1) is 0 Å². The average Bonchev–Trinajstić information content (AvgIpc) is 2.80.